The fourth-order valence-electron chi connectivity index (χ4n) is 2.60. The molecule has 4 heteroatoms. The van der Waals surface area contributed by atoms with E-state index in [1.54, 1.807) is 0 Å². The summed E-state index contributed by atoms with van der Waals surface area (Å²) in [5.74, 6) is 0. The average Bonchev–Trinajstić information content (AvgIpc) is 2.42. The van der Waals surface area contributed by atoms with Crippen LogP contribution in [-0.2, 0) is 22.7 Å². The molecule has 0 saturated carbocycles. The van der Waals surface area contributed by atoms with Gasteiger partial charge in [0.05, 0.1) is 10.8 Å². The summed E-state index contributed by atoms with van der Waals surface area (Å²) in [6.45, 7) is 10.6. The van der Waals surface area contributed by atoms with Crippen LogP contribution in [-0.4, -0.2) is 26.0 Å². The zero-order valence-electron chi connectivity index (χ0n) is 14.2. The number of nitrogens with one attached hydrogen (secondary N) is 1. The molecule has 1 unspecified atom stereocenters. The molecule has 0 aliphatic rings. The highest BCUT2D eigenvalue weighted by Gasteiger charge is 2.40. The first-order valence-corrected chi connectivity index (χ1v) is 9.62. The van der Waals surface area contributed by atoms with Crippen molar-refractivity contribution < 1.29 is 8.42 Å². The number of aryl methyl sites for hydroxylation is 2. The molecule has 0 aromatic heterocycles. The summed E-state index contributed by atoms with van der Waals surface area (Å²) in [6.07, 6.45) is 3.18. The highest BCUT2D eigenvalue weighted by Crippen LogP contribution is 2.34. The van der Waals surface area contributed by atoms with E-state index in [1.165, 1.54) is 17.4 Å². The Morgan fingerprint density at radius 2 is 1.76 bits per heavy atom. The SMILES string of the molecule is CCNC(c1cc(CC)ccc1CC)C(C)(C)S(C)(=O)=O. The van der Waals surface area contributed by atoms with Crippen LogP contribution in [0.3, 0.4) is 0 Å². The van der Waals surface area contributed by atoms with Crippen LogP contribution < -0.4 is 5.32 Å². The molecule has 0 fully saturated rings. The Morgan fingerprint density at radius 1 is 1.14 bits per heavy atom. The monoisotopic (exact) mass is 311 g/mol. The van der Waals surface area contributed by atoms with E-state index < -0.39 is 14.6 Å². The molecule has 1 rings (SSSR count). The quantitative estimate of drug-likeness (QED) is 0.840. The van der Waals surface area contributed by atoms with Gasteiger partial charge < -0.3 is 5.32 Å². The summed E-state index contributed by atoms with van der Waals surface area (Å²) in [7, 11) is -3.18. The van der Waals surface area contributed by atoms with Gasteiger partial charge in [0, 0.05) is 6.26 Å². The summed E-state index contributed by atoms with van der Waals surface area (Å²) in [5, 5.41) is 3.39. The van der Waals surface area contributed by atoms with E-state index in [1.807, 2.05) is 20.8 Å². The molecule has 0 amide bonds. The molecule has 1 N–H and O–H groups in total. The molecule has 0 aliphatic carbocycles. The van der Waals surface area contributed by atoms with Crippen molar-refractivity contribution >= 4 is 9.84 Å². The maximum atomic E-state index is 12.3. The maximum absolute atomic E-state index is 12.3. The van der Waals surface area contributed by atoms with Gasteiger partial charge in [-0.2, -0.15) is 0 Å². The van der Waals surface area contributed by atoms with Gasteiger partial charge in [0.25, 0.3) is 0 Å². The van der Waals surface area contributed by atoms with Crippen LogP contribution in [0.5, 0.6) is 0 Å². The van der Waals surface area contributed by atoms with Crippen molar-refractivity contribution in [3.63, 3.8) is 0 Å². The molecule has 0 radical (unpaired) electrons. The van der Waals surface area contributed by atoms with Gasteiger partial charge in [0.1, 0.15) is 0 Å². The van der Waals surface area contributed by atoms with E-state index in [0.29, 0.717) is 0 Å². The minimum atomic E-state index is -3.18. The first-order chi connectivity index (χ1) is 9.68. The van der Waals surface area contributed by atoms with Gasteiger partial charge in [-0.25, -0.2) is 8.42 Å². The van der Waals surface area contributed by atoms with Gasteiger partial charge >= 0.3 is 0 Å². The van der Waals surface area contributed by atoms with Crippen LogP contribution in [0.1, 0.15) is 57.4 Å². The van der Waals surface area contributed by atoms with Gasteiger partial charge in [-0.15, -0.1) is 0 Å². The zero-order chi connectivity index (χ0) is 16.3. The lowest BCUT2D eigenvalue weighted by Crippen LogP contribution is -2.45. The molecule has 0 spiro atoms. The Bertz CT molecular complexity index is 576. The lowest BCUT2D eigenvalue weighted by atomic mass is 9.88. The summed E-state index contributed by atoms with van der Waals surface area (Å²) < 4.78 is 23.7. The third-order valence-corrected chi connectivity index (χ3v) is 6.52. The molecule has 1 aromatic rings. The fourth-order valence-corrected chi connectivity index (χ4v) is 3.24. The van der Waals surface area contributed by atoms with E-state index in [2.05, 4.69) is 37.4 Å². The van der Waals surface area contributed by atoms with Crippen LogP contribution in [0.4, 0.5) is 0 Å². The number of hydrogen-bond acceptors (Lipinski definition) is 3. The largest absolute Gasteiger partial charge is 0.309 e. The fraction of sp³-hybridized carbons (Fsp3) is 0.647. The third-order valence-electron chi connectivity index (χ3n) is 4.37. The van der Waals surface area contributed by atoms with E-state index in [0.717, 1.165) is 24.9 Å². The summed E-state index contributed by atoms with van der Waals surface area (Å²) in [5.41, 5.74) is 3.58. The molecule has 120 valence electrons. The second kappa shape index (κ2) is 6.93. The molecule has 0 bridgehead atoms. The van der Waals surface area contributed by atoms with Crippen molar-refractivity contribution in [1.82, 2.24) is 5.32 Å². The van der Waals surface area contributed by atoms with E-state index in [-0.39, 0.29) is 6.04 Å². The van der Waals surface area contributed by atoms with Gasteiger partial charge in [-0.05, 0) is 49.9 Å². The Kier molecular flexibility index (Phi) is 6.00. The number of sulfone groups is 1. The van der Waals surface area contributed by atoms with Gasteiger partial charge in [0.2, 0.25) is 0 Å². The molecule has 0 heterocycles. The summed E-state index contributed by atoms with van der Waals surface area (Å²) >= 11 is 0. The normalized spacial score (nSPS) is 14.2. The van der Waals surface area contributed by atoms with Crippen LogP contribution >= 0.6 is 0 Å². The Labute approximate surface area is 130 Å². The number of hydrogen-bond donors (Lipinski definition) is 1. The molecule has 0 aliphatic heterocycles. The van der Waals surface area contributed by atoms with E-state index in [9.17, 15) is 8.42 Å². The Hall–Kier alpha value is -0.870. The molecular weight excluding hydrogens is 282 g/mol. The van der Waals surface area contributed by atoms with Crippen molar-refractivity contribution in [1.29, 1.82) is 0 Å². The smallest absolute Gasteiger partial charge is 0.154 e. The topological polar surface area (TPSA) is 46.2 Å². The Morgan fingerprint density at radius 3 is 2.19 bits per heavy atom. The van der Waals surface area contributed by atoms with Crippen LogP contribution in [0.2, 0.25) is 0 Å². The zero-order valence-corrected chi connectivity index (χ0v) is 15.0. The molecular formula is C17H29NO2S. The van der Waals surface area contributed by atoms with Crippen molar-refractivity contribution in [2.45, 2.75) is 58.2 Å². The number of rotatable bonds is 7. The predicted molar refractivity (Wildman–Crippen MR) is 90.5 cm³/mol. The second-order valence-corrected chi connectivity index (χ2v) is 8.70. The van der Waals surface area contributed by atoms with Crippen molar-refractivity contribution in [3.8, 4) is 0 Å². The maximum Gasteiger partial charge on any atom is 0.154 e. The van der Waals surface area contributed by atoms with Crippen molar-refractivity contribution in [2.24, 2.45) is 0 Å². The summed E-state index contributed by atoms with van der Waals surface area (Å²) in [6, 6.07) is 6.24. The minimum Gasteiger partial charge on any atom is -0.309 e. The average molecular weight is 311 g/mol. The van der Waals surface area contributed by atoms with Crippen LogP contribution in [0.15, 0.2) is 18.2 Å². The second-order valence-electron chi connectivity index (χ2n) is 6.11. The predicted octanol–water partition coefficient (Wildman–Crippen LogP) is 3.29. The highest BCUT2D eigenvalue weighted by molar-refractivity contribution is 7.92. The summed E-state index contributed by atoms with van der Waals surface area (Å²) in [4.78, 5) is 0. The number of benzene rings is 1. The molecule has 1 atom stereocenters. The lowest BCUT2D eigenvalue weighted by Gasteiger charge is -2.35. The molecule has 0 saturated heterocycles. The standard InChI is InChI=1S/C17H29NO2S/c1-7-13-10-11-14(8-2)15(12-13)16(18-9-3)17(4,5)21(6,19)20/h10-12,16,18H,7-9H2,1-6H3. The first-order valence-electron chi connectivity index (χ1n) is 7.73. The van der Waals surface area contributed by atoms with Crippen LogP contribution in [0.25, 0.3) is 0 Å². The van der Waals surface area contributed by atoms with Gasteiger partial charge in [-0.3, -0.25) is 0 Å². The van der Waals surface area contributed by atoms with E-state index >= 15 is 0 Å². The van der Waals surface area contributed by atoms with Crippen molar-refractivity contribution in [2.75, 3.05) is 12.8 Å². The molecule has 3 nitrogen and oxygen atoms in total. The van der Waals surface area contributed by atoms with E-state index in [4.69, 9.17) is 0 Å². The first kappa shape index (κ1) is 18.2. The lowest BCUT2D eigenvalue weighted by molar-refractivity contribution is 0.426. The minimum absolute atomic E-state index is 0.195. The third kappa shape index (κ3) is 3.86. The van der Waals surface area contributed by atoms with Gasteiger partial charge in [-0.1, -0.05) is 39.0 Å². The Balaban J connectivity index is 3.48. The highest BCUT2D eigenvalue weighted by atomic mass is 32.2. The molecule has 1 aromatic carbocycles. The van der Waals surface area contributed by atoms with Crippen molar-refractivity contribution in [3.05, 3.63) is 34.9 Å². The van der Waals surface area contributed by atoms with Gasteiger partial charge in [0.15, 0.2) is 9.84 Å². The molecule has 21 heavy (non-hydrogen) atoms. The van der Waals surface area contributed by atoms with Crippen LogP contribution in [0, 0.1) is 0 Å².